The summed E-state index contributed by atoms with van der Waals surface area (Å²) < 4.78 is 5.25. The molecule has 0 bridgehead atoms. The molecule has 1 aliphatic rings. The van der Waals surface area contributed by atoms with Gasteiger partial charge in [0.05, 0.1) is 12.2 Å². The molecule has 0 aliphatic carbocycles. The maximum absolute atomic E-state index is 12.1. The molecular weight excluding hydrogens is 254 g/mol. The van der Waals surface area contributed by atoms with E-state index in [9.17, 15) is 9.59 Å². The third-order valence-corrected chi connectivity index (χ3v) is 3.22. The standard InChI is InChI=1S/C16H13NO3/c18-15-10-17(14-9-5-4-8-13(14)15)16(19)20-11-12-6-2-1-3-7-12/h1-9H,10-11H2. The van der Waals surface area contributed by atoms with E-state index in [1.807, 2.05) is 30.3 Å². The van der Waals surface area contributed by atoms with Crippen LogP contribution < -0.4 is 4.90 Å². The zero-order chi connectivity index (χ0) is 13.9. The Labute approximate surface area is 116 Å². The highest BCUT2D eigenvalue weighted by Gasteiger charge is 2.31. The van der Waals surface area contributed by atoms with E-state index in [-0.39, 0.29) is 18.9 Å². The number of benzene rings is 2. The van der Waals surface area contributed by atoms with Crippen molar-refractivity contribution in [3.63, 3.8) is 0 Å². The Morgan fingerprint density at radius 2 is 1.75 bits per heavy atom. The van der Waals surface area contributed by atoms with Gasteiger partial charge in [0.1, 0.15) is 6.61 Å². The van der Waals surface area contributed by atoms with E-state index in [0.29, 0.717) is 11.3 Å². The van der Waals surface area contributed by atoms with Gasteiger partial charge in [-0.05, 0) is 17.7 Å². The number of fused-ring (bicyclic) bond motifs is 1. The minimum atomic E-state index is -0.493. The molecule has 0 radical (unpaired) electrons. The molecule has 1 heterocycles. The minimum absolute atomic E-state index is 0.0486. The van der Waals surface area contributed by atoms with Gasteiger partial charge < -0.3 is 4.74 Å². The van der Waals surface area contributed by atoms with Crippen molar-refractivity contribution >= 4 is 17.6 Å². The quantitative estimate of drug-likeness (QED) is 0.840. The van der Waals surface area contributed by atoms with Crippen LogP contribution in [-0.2, 0) is 11.3 Å². The summed E-state index contributed by atoms with van der Waals surface area (Å²) >= 11 is 0. The van der Waals surface area contributed by atoms with Gasteiger partial charge in [-0.2, -0.15) is 0 Å². The number of hydrogen-bond donors (Lipinski definition) is 0. The second-order valence-corrected chi connectivity index (χ2v) is 4.57. The molecule has 0 spiro atoms. The number of carbonyl (C=O) groups excluding carboxylic acids is 2. The SMILES string of the molecule is O=C1CN(C(=O)OCc2ccccc2)c2ccccc21. The summed E-state index contributed by atoms with van der Waals surface area (Å²) in [6.45, 7) is 0.250. The van der Waals surface area contributed by atoms with Gasteiger partial charge in [0.25, 0.3) is 0 Å². The van der Waals surface area contributed by atoms with Crippen LogP contribution in [0.25, 0.3) is 0 Å². The largest absolute Gasteiger partial charge is 0.444 e. The molecule has 0 N–H and O–H groups in total. The number of ether oxygens (including phenoxy) is 1. The van der Waals surface area contributed by atoms with Gasteiger partial charge >= 0.3 is 6.09 Å². The molecule has 0 unspecified atom stereocenters. The first-order valence-corrected chi connectivity index (χ1v) is 6.36. The van der Waals surface area contributed by atoms with Gasteiger partial charge in [-0.25, -0.2) is 4.79 Å². The van der Waals surface area contributed by atoms with E-state index < -0.39 is 6.09 Å². The molecule has 1 amide bonds. The summed E-state index contributed by atoms with van der Waals surface area (Å²) in [6.07, 6.45) is -0.493. The van der Waals surface area contributed by atoms with Gasteiger partial charge in [-0.3, -0.25) is 9.69 Å². The average molecular weight is 267 g/mol. The van der Waals surface area contributed by atoms with Crippen molar-refractivity contribution in [2.75, 3.05) is 11.4 Å². The van der Waals surface area contributed by atoms with Crippen LogP contribution in [0, 0.1) is 0 Å². The van der Waals surface area contributed by atoms with Crippen molar-refractivity contribution in [1.29, 1.82) is 0 Å². The summed E-state index contributed by atoms with van der Waals surface area (Å²) in [6, 6.07) is 16.5. The van der Waals surface area contributed by atoms with E-state index >= 15 is 0 Å². The van der Waals surface area contributed by atoms with Crippen LogP contribution in [0.3, 0.4) is 0 Å². The highest BCUT2D eigenvalue weighted by Crippen LogP contribution is 2.28. The third kappa shape index (κ3) is 2.28. The molecule has 4 heteroatoms. The minimum Gasteiger partial charge on any atom is -0.444 e. The first-order valence-electron chi connectivity index (χ1n) is 6.36. The van der Waals surface area contributed by atoms with Crippen molar-refractivity contribution in [3.05, 3.63) is 65.7 Å². The highest BCUT2D eigenvalue weighted by molar-refractivity contribution is 6.14. The van der Waals surface area contributed by atoms with Crippen molar-refractivity contribution in [2.45, 2.75) is 6.61 Å². The van der Waals surface area contributed by atoms with Crippen LogP contribution in [-0.4, -0.2) is 18.4 Å². The molecule has 0 atom stereocenters. The molecule has 100 valence electrons. The molecule has 0 saturated carbocycles. The molecule has 4 nitrogen and oxygen atoms in total. The topological polar surface area (TPSA) is 46.6 Å². The van der Waals surface area contributed by atoms with Gasteiger partial charge in [0.15, 0.2) is 5.78 Å². The van der Waals surface area contributed by atoms with Gasteiger partial charge in [0.2, 0.25) is 0 Å². The third-order valence-electron chi connectivity index (χ3n) is 3.22. The molecule has 2 aromatic rings. The van der Waals surface area contributed by atoms with Crippen molar-refractivity contribution in [3.8, 4) is 0 Å². The average Bonchev–Trinajstić information content (AvgIpc) is 2.84. The fraction of sp³-hybridized carbons (Fsp3) is 0.125. The Hall–Kier alpha value is -2.62. The zero-order valence-electron chi connectivity index (χ0n) is 10.8. The Bertz CT molecular complexity index is 652. The number of rotatable bonds is 2. The van der Waals surface area contributed by atoms with E-state index in [1.165, 1.54) is 4.90 Å². The second-order valence-electron chi connectivity index (χ2n) is 4.57. The molecule has 0 saturated heterocycles. The number of hydrogen-bond acceptors (Lipinski definition) is 3. The molecule has 20 heavy (non-hydrogen) atoms. The van der Waals surface area contributed by atoms with Crippen LogP contribution in [0.2, 0.25) is 0 Å². The molecule has 1 aliphatic heterocycles. The molecular formula is C16H13NO3. The number of nitrogens with zero attached hydrogens (tertiary/aromatic N) is 1. The highest BCUT2D eigenvalue weighted by atomic mass is 16.6. The first kappa shape index (κ1) is 12.4. The van der Waals surface area contributed by atoms with Crippen LogP contribution >= 0.6 is 0 Å². The lowest BCUT2D eigenvalue weighted by atomic mass is 10.1. The maximum Gasteiger partial charge on any atom is 0.415 e. The first-order chi connectivity index (χ1) is 9.75. The van der Waals surface area contributed by atoms with Crippen LogP contribution in [0.15, 0.2) is 54.6 Å². The summed E-state index contributed by atoms with van der Waals surface area (Å²) in [7, 11) is 0. The zero-order valence-corrected chi connectivity index (χ0v) is 10.8. The predicted octanol–water partition coefficient (Wildman–Crippen LogP) is 3.03. The summed E-state index contributed by atoms with van der Waals surface area (Å²) in [5.74, 6) is -0.0581. The lowest BCUT2D eigenvalue weighted by Gasteiger charge is -2.16. The lowest BCUT2D eigenvalue weighted by molar-refractivity contribution is 0.100. The summed E-state index contributed by atoms with van der Waals surface area (Å²) in [4.78, 5) is 25.3. The van der Waals surface area contributed by atoms with Crippen molar-refractivity contribution < 1.29 is 14.3 Å². The molecule has 0 fully saturated rings. The lowest BCUT2D eigenvalue weighted by Crippen LogP contribution is -2.30. The Morgan fingerprint density at radius 1 is 1.05 bits per heavy atom. The fourth-order valence-corrected chi connectivity index (χ4v) is 2.22. The van der Waals surface area contributed by atoms with Crippen molar-refractivity contribution in [2.24, 2.45) is 0 Å². The van der Waals surface area contributed by atoms with E-state index in [2.05, 4.69) is 0 Å². The summed E-state index contributed by atoms with van der Waals surface area (Å²) in [5.41, 5.74) is 2.11. The summed E-state index contributed by atoms with van der Waals surface area (Å²) in [5, 5.41) is 0. The van der Waals surface area contributed by atoms with Crippen LogP contribution in [0.4, 0.5) is 10.5 Å². The normalized spacial score (nSPS) is 13.2. The Morgan fingerprint density at radius 3 is 2.55 bits per heavy atom. The molecule has 2 aromatic carbocycles. The monoisotopic (exact) mass is 267 g/mol. The van der Waals surface area contributed by atoms with E-state index in [1.54, 1.807) is 24.3 Å². The van der Waals surface area contributed by atoms with Gasteiger partial charge in [-0.15, -0.1) is 0 Å². The number of amides is 1. The van der Waals surface area contributed by atoms with Gasteiger partial charge in [0, 0.05) is 5.56 Å². The number of Topliss-reactive ketones (excluding diaryl/α,β-unsaturated/α-hetero) is 1. The Balaban J connectivity index is 1.71. The smallest absolute Gasteiger partial charge is 0.415 e. The number of carbonyl (C=O) groups is 2. The van der Waals surface area contributed by atoms with Crippen molar-refractivity contribution in [1.82, 2.24) is 0 Å². The van der Waals surface area contributed by atoms with E-state index in [4.69, 9.17) is 4.74 Å². The van der Waals surface area contributed by atoms with Gasteiger partial charge in [-0.1, -0.05) is 42.5 Å². The number of para-hydroxylation sites is 1. The van der Waals surface area contributed by atoms with Crippen LogP contribution in [0.1, 0.15) is 15.9 Å². The number of anilines is 1. The predicted molar refractivity (Wildman–Crippen MR) is 74.7 cm³/mol. The second kappa shape index (κ2) is 5.17. The molecule has 3 rings (SSSR count). The maximum atomic E-state index is 12.1. The number of ketones is 1. The van der Waals surface area contributed by atoms with Crippen LogP contribution in [0.5, 0.6) is 0 Å². The van der Waals surface area contributed by atoms with E-state index in [0.717, 1.165) is 5.56 Å². The molecule has 0 aromatic heterocycles. The fourth-order valence-electron chi connectivity index (χ4n) is 2.22. The Kier molecular flexibility index (Phi) is 3.21.